The molecule has 1 heterocycles. The summed E-state index contributed by atoms with van der Waals surface area (Å²) in [7, 11) is 0. The molecular formula is C14H14BrN3O. The zero-order chi connectivity index (χ0) is 13.7. The van der Waals surface area contributed by atoms with Crippen molar-refractivity contribution in [2.24, 2.45) is 0 Å². The summed E-state index contributed by atoms with van der Waals surface area (Å²) >= 11 is 3.39. The Kier molecular flexibility index (Phi) is 4.52. The lowest BCUT2D eigenvalue weighted by Gasteiger charge is -2.07. The van der Waals surface area contributed by atoms with Crippen LogP contribution in [0, 0.1) is 0 Å². The van der Waals surface area contributed by atoms with E-state index < -0.39 is 0 Å². The van der Waals surface area contributed by atoms with Gasteiger partial charge in [-0.1, -0.05) is 22.9 Å². The van der Waals surface area contributed by atoms with Crippen molar-refractivity contribution in [2.75, 3.05) is 10.6 Å². The van der Waals surface area contributed by atoms with Gasteiger partial charge in [0.1, 0.15) is 5.82 Å². The number of nitrogens with zero attached hydrogens (tertiary/aromatic N) is 1. The Bertz CT molecular complexity index is 552. The smallest absolute Gasteiger partial charge is 0.225 e. The highest BCUT2D eigenvalue weighted by molar-refractivity contribution is 9.10. The number of carbonyl (C=O) groups excluding carboxylic acids is 1. The standard InChI is InChI=1S/C14H14BrN3O/c1-2-14(19)18-13-8-7-12(9-16-13)17-11-5-3-10(15)4-6-11/h3-9,17H,2H2,1H3,(H,16,18,19). The van der Waals surface area contributed by atoms with Gasteiger partial charge in [0.2, 0.25) is 5.91 Å². The summed E-state index contributed by atoms with van der Waals surface area (Å²) in [6.07, 6.45) is 2.13. The number of carbonyl (C=O) groups is 1. The van der Waals surface area contributed by atoms with Gasteiger partial charge >= 0.3 is 0 Å². The van der Waals surface area contributed by atoms with E-state index in [2.05, 4.69) is 31.5 Å². The first-order chi connectivity index (χ1) is 9.17. The maximum absolute atomic E-state index is 11.2. The molecular weight excluding hydrogens is 306 g/mol. The topological polar surface area (TPSA) is 54.0 Å². The van der Waals surface area contributed by atoms with Crippen LogP contribution in [0.2, 0.25) is 0 Å². The van der Waals surface area contributed by atoms with Crippen LogP contribution >= 0.6 is 15.9 Å². The molecule has 0 fully saturated rings. The SMILES string of the molecule is CCC(=O)Nc1ccc(Nc2ccc(Br)cc2)cn1. The third-order valence-corrected chi connectivity index (χ3v) is 3.01. The second-order valence-corrected chi connectivity index (χ2v) is 4.88. The molecule has 1 aromatic heterocycles. The van der Waals surface area contributed by atoms with Crippen LogP contribution in [0.25, 0.3) is 0 Å². The van der Waals surface area contributed by atoms with Crippen molar-refractivity contribution in [2.45, 2.75) is 13.3 Å². The molecule has 0 saturated heterocycles. The lowest BCUT2D eigenvalue weighted by Crippen LogP contribution is -2.10. The van der Waals surface area contributed by atoms with Gasteiger partial charge in [0.25, 0.3) is 0 Å². The summed E-state index contributed by atoms with van der Waals surface area (Å²) in [4.78, 5) is 15.4. The molecule has 5 heteroatoms. The van der Waals surface area contributed by atoms with E-state index in [9.17, 15) is 4.79 Å². The van der Waals surface area contributed by atoms with E-state index in [4.69, 9.17) is 0 Å². The first-order valence-corrected chi connectivity index (χ1v) is 6.75. The maximum atomic E-state index is 11.2. The molecule has 0 aliphatic rings. The highest BCUT2D eigenvalue weighted by atomic mass is 79.9. The predicted octanol–water partition coefficient (Wildman–Crippen LogP) is 3.94. The second-order valence-electron chi connectivity index (χ2n) is 3.97. The molecule has 0 aliphatic carbocycles. The minimum Gasteiger partial charge on any atom is -0.354 e. The largest absolute Gasteiger partial charge is 0.354 e. The van der Waals surface area contributed by atoms with Crippen LogP contribution in [0.15, 0.2) is 47.1 Å². The normalized spacial score (nSPS) is 10.0. The Hall–Kier alpha value is -1.88. The van der Waals surface area contributed by atoms with Gasteiger partial charge in [-0.15, -0.1) is 0 Å². The number of nitrogens with one attached hydrogen (secondary N) is 2. The number of pyridine rings is 1. The number of anilines is 3. The first-order valence-electron chi connectivity index (χ1n) is 5.96. The second kappa shape index (κ2) is 6.33. The van der Waals surface area contributed by atoms with Gasteiger partial charge in [0.15, 0.2) is 0 Å². The number of hydrogen-bond acceptors (Lipinski definition) is 3. The Morgan fingerprint density at radius 1 is 1.16 bits per heavy atom. The molecule has 2 N–H and O–H groups in total. The molecule has 0 aliphatic heterocycles. The van der Waals surface area contributed by atoms with Crippen LogP contribution in [0.3, 0.4) is 0 Å². The quantitative estimate of drug-likeness (QED) is 0.897. The molecule has 0 unspecified atom stereocenters. The molecule has 0 saturated carbocycles. The Morgan fingerprint density at radius 2 is 1.84 bits per heavy atom. The minimum atomic E-state index is -0.0406. The fraction of sp³-hybridized carbons (Fsp3) is 0.143. The van der Waals surface area contributed by atoms with Crippen molar-refractivity contribution in [1.29, 1.82) is 0 Å². The van der Waals surface area contributed by atoms with Crippen molar-refractivity contribution in [3.63, 3.8) is 0 Å². The summed E-state index contributed by atoms with van der Waals surface area (Å²) < 4.78 is 1.04. The summed E-state index contributed by atoms with van der Waals surface area (Å²) in [5.74, 6) is 0.523. The fourth-order valence-corrected chi connectivity index (χ4v) is 1.74. The number of amides is 1. The molecule has 0 bridgehead atoms. The van der Waals surface area contributed by atoms with Crippen LogP contribution in [0.5, 0.6) is 0 Å². The van der Waals surface area contributed by atoms with Crippen molar-refractivity contribution >= 4 is 39.0 Å². The van der Waals surface area contributed by atoms with Crippen LogP contribution < -0.4 is 10.6 Å². The maximum Gasteiger partial charge on any atom is 0.225 e. The van der Waals surface area contributed by atoms with Gasteiger partial charge in [0, 0.05) is 16.6 Å². The lowest BCUT2D eigenvalue weighted by molar-refractivity contribution is -0.115. The van der Waals surface area contributed by atoms with E-state index in [1.807, 2.05) is 30.3 Å². The third-order valence-electron chi connectivity index (χ3n) is 2.48. The van der Waals surface area contributed by atoms with E-state index in [-0.39, 0.29) is 5.91 Å². The molecule has 0 radical (unpaired) electrons. The van der Waals surface area contributed by atoms with Crippen LogP contribution in [0.4, 0.5) is 17.2 Å². The molecule has 1 amide bonds. The zero-order valence-electron chi connectivity index (χ0n) is 10.5. The molecule has 4 nitrogen and oxygen atoms in total. The molecule has 0 atom stereocenters. The van der Waals surface area contributed by atoms with Crippen molar-refractivity contribution in [1.82, 2.24) is 4.98 Å². The lowest BCUT2D eigenvalue weighted by atomic mass is 10.3. The van der Waals surface area contributed by atoms with Gasteiger partial charge in [-0.3, -0.25) is 4.79 Å². The summed E-state index contributed by atoms with van der Waals surface area (Å²) in [5, 5.41) is 5.94. The van der Waals surface area contributed by atoms with Crippen LogP contribution in [0.1, 0.15) is 13.3 Å². The van der Waals surface area contributed by atoms with E-state index in [1.165, 1.54) is 0 Å². The number of hydrogen-bond donors (Lipinski definition) is 2. The fourth-order valence-electron chi connectivity index (χ4n) is 1.47. The van der Waals surface area contributed by atoms with Crippen molar-refractivity contribution in [3.8, 4) is 0 Å². The van der Waals surface area contributed by atoms with E-state index in [1.54, 1.807) is 19.2 Å². The number of halogens is 1. The number of benzene rings is 1. The molecule has 0 spiro atoms. The molecule has 98 valence electrons. The van der Waals surface area contributed by atoms with Gasteiger partial charge in [0.05, 0.1) is 11.9 Å². The molecule has 2 rings (SSSR count). The average Bonchev–Trinajstić information content (AvgIpc) is 2.43. The molecule has 1 aromatic carbocycles. The zero-order valence-corrected chi connectivity index (χ0v) is 12.1. The number of rotatable bonds is 4. The minimum absolute atomic E-state index is 0.0406. The number of aromatic nitrogens is 1. The van der Waals surface area contributed by atoms with Crippen molar-refractivity contribution in [3.05, 3.63) is 47.1 Å². The van der Waals surface area contributed by atoms with E-state index in [0.29, 0.717) is 12.2 Å². The van der Waals surface area contributed by atoms with Crippen molar-refractivity contribution < 1.29 is 4.79 Å². The van der Waals surface area contributed by atoms with E-state index >= 15 is 0 Å². The average molecular weight is 320 g/mol. The van der Waals surface area contributed by atoms with Gasteiger partial charge in [-0.05, 0) is 36.4 Å². The summed E-state index contributed by atoms with van der Waals surface area (Å²) in [6.45, 7) is 1.80. The van der Waals surface area contributed by atoms with E-state index in [0.717, 1.165) is 15.8 Å². The van der Waals surface area contributed by atoms with Gasteiger partial charge in [-0.2, -0.15) is 0 Å². The molecule has 2 aromatic rings. The Labute approximate surface area is 120 Å². The van der Waals surface area contributed by atoms with Crippen LogP contribution in [-0.4, -0.2) is 10.9 Å². The van der Waals surface area contributed by atoms with Crippen LogP contribution in [-0.2, 0) is 4.79 Å². The van der Waals surface area contributed by atoms with Gasteiger partial charge < -0.3 is 10.6 Å². The van der Waals surface area contributed by atoms with Gasteiger partial charge in [-0.25, -0.2) is 4.98 Å². The highest BCUT2D eigenvalue weighted by Gasteiger charge is 2.00. The Balaban J connectivity index is 2.02. The first kappa shape index (κ1) is 13.5. The summed E-state index contributed by atoms with van der Waals surface area (Å²) in [5.41, 5.74) is 1.85. The Morgan fingerprint density at radius 3 is 2.42 bits per heavy atom. The third kappa shape index (κ3) is 4.06. The summed E-state index contributed by atoms with van der Waals surface area (Å²) in [6, 6.07) is 11.5. The monoisotopic (exact) mass is 319 g/mol. The predicted molar refractivity (Wildman–Crippen MR) is 80.6 cm³/mol. The highest BCUT2D eigenvalue weighted by Crippen LogP contribution is 2.19. The molecule has 19 heavy (non-hydrogen) atoms.